The number of allylic oxidation sites excluding steroid dienone is 2. The number of hydrogen-bond acceptors (Lipinski definition) is 0. The summed E-state index contributed by atoms with van der Waals surface area (Å²) in [5.41, 5.74) is 3.63. The van der Waals surface area contributed by atoms with Gasteiger partial charge in [0.2, 0.25) is 0 Å². The Balaban J connectivity index is 1.90. The third-order valence-corrected chi connectivity index (χ3v) is 4.55. The van der Waals surface area contributed by atoms with E-state index in [9.17, 15) is 0 Å². The maximum atomic E-state index is 2.52. The molecular weight excluding hydrogens is 144 g/mol. The Morgan fingerprint density at radius 2 is 2.17 bits per heavy atom. The Kier molecular flexibility index (Phi) is 0.939. The van der Waals surface area contributed by atoms with Crippen molar-refractivity contribution < 1.29 is 0 Å². The lowest BCUT2D eigenvalue weighted by atomic mass is 9.77. The Bertz CT molecular complexity index is 274. The van der Waals surface area contributed by atoms with E-state index in [1.807, 2.05) is 11.5 Å². The molecule has 0 nitrogen and oxygen atoms in total. The van der Waals surface area contributed by atoms with Crippen LogP contribution in [0.25, 0.3) is 0 Å². The van der Waals surface area contributed by atoms with Crippen LogP contribution in [-0.2, 0) is 0 Å². The van der Waals surface area contributed by atoms with Gasteiger partial charge in [0.15, 0.2) is 0 Å². The molecular formula is C12H14. The second-order valence-electron chi connectivity index (χ2n) is 4.98. The summed E-state index contributed by atoms with van der Waals surface area (Å²) in [6, 6.07) is 0. The Labute approximate surface area is 74.0 Å². The van der Waals surface area contributed by atoms with Crippen LogP contribution in [0.2, 0.25) is 0 Å². The average Bonchev–Trinajstić information content (AvgIpc) is 2.83. The van der Waals surface area contributed by atoms with Crippen LogP contribution in [0.3, 0.4) is 0 Å². The number of rotatable bonds is 0. The molecule has 0 spiro atoms. The first-order valence-corrected chi connectivity index (χ1v) is 5.35. The van der Waals surface area contributed by atoms with E-state index in [0.717, 1.165) is 17.8 Å². The molecule has 0 aromatic carbocycles. The second-order valence-corrected chi connectivity index (χ2v) is 4.98. The largest absolute Gasteiger partial charge is 0.0661 e. The van der Waals surface area contributed by atoms with Crippen molar-refractivity contribution in [2.24, 2.45) is 17.8 Å². The molecule has 3 saturated carbocycles. The third-order valence-electron chi connectivity index (χ3n) is 4.55. The fourth-order valence-electron chi connectivity index (χ4n) is 4.20. The van der Waals surface area contributed by atoms with Crippen molar-refractivity contribution in [3.8, 4) is 0 Å². The Morgan fingerprint density at radius 1 is 1.17 bits per heavy atom. The average molecular weight is 158 g/mol. The smallest absolute Gasteiger partial charge is 0.00145 e. The highest BCUT2D eigenvalue weighted by Crippen LogP contribution is 2.64. The van der Waals surface area contributed by atoms with Gasteiger partial charge in [-0.05, 0) is 56.3 Å². The minimum absolute atomic E-state index is 1.05. The highest BCUT2D eigenvalue weighted by atomic mass is 14.6. The molecule has 4 rings (SSSR count). The molecule has 2 radical (unpaired) electrons. The van der Waals surface area contributed by atoms with Crippen molar-refractivity contribution in [3.63, 3.8) is 0 Å². The van der Waals surface area contributed by atoms with Crippen LogP contribution in [0.4, 0.5) is 0 Å². The molecule has 0 heteroatoms. The summed E-state index contributed by atoms with van der Waals surface area (Å²) in [5.74, 6) is 5.05. The van der Waals surface area contributed by atoms with Gasteiger partial charge in [-0.15, -0.1) is 0 Å². The molecule has 4 aliphatic carbocycles. The van der Waals surface area contributed by atoms with E-state index in [1.54, 1.807) is 5.57 Å². The van der Waals surface area contributed by atoms with Crippen LogP contribution in [0, 0.1) is 30.1 Å². The van der Waals surface area contributed by atoms with Crippen LogP contribution in [0.5, 0.6) is 0 Å². The van der Waals surface area contributed by atoms with Gasteiger partial charge in [-0.25, -0.2) is 0 Å². The predicted molar refractivity (Wildman–Crippen MR) is 48.1 cm³/mol. The number of hydrogen-bond donors (Lipinski definition) is 0. The molecule has 3 fully saturated rings. The highest BCUT2D eigenvalue weighted by molar-refractivity contribution is 5.50. The summed E-state index contributed by atoms with van der Waals surface area (Å²) in [4.78, 5) is 0. The summed E-state index contributed by atoms with van der Waals surface area (Å²) in [5, 5.41) is 0. The van der Waals surface area contributed by atoms with Crippen LogP contribution in [0.15, 0.2) is 11.1 Å². The minimum atomic E-state index is 1.05. The van der Waals surface area contributed by atoms with Crippen LogP contribution in [-0.4, -0.2) is 0 Å². The lowest BCUT2D eigenvalue weighted by Gasteiger charge is -2.28. The van der Waals surface area contributed by atoms with Crippen molar-refractivity contribution in [2.45, 2.75) is 32.1 Å². The lowest BCUT2D eigenvalue weighted by Crippen LogP contribution is -2.19. The standard InChI is InChI=1S/C12H14/c1-2-8-5-7(1)11-9-3-4-10(6-9)12(8)11/h1,8,10,12H,2-6H2. The molecule has 0 aliphatic heterocycles. The van der Waals surface area contributed by atoms with Gasteiger partial charge in [0.25, 0.3) is 0 Å². The zero-order valence-corrected chi connectivity index (χ0v) is 7.34. The van der Waals surface area contributed by atoms with Crippen LogP contribution < -0.4 is 0 Å². The number of fused-ring (bicyclic) bond motifs is 8. The summed E-state index contributed by atoms with van der Waals surface area (Å²) >= 11 is 0. The van der Waals surface area contributed by atoms with E-state index >= 15 is 0 Å². The molecule has 3 atom stereocenters. The van der Waals surface area contributed by atoms with Crippen molar-refractivity contribution in [1.82, 2.24) is 0 Å². The van der Waals surface area contributed by atoms with Gasteiger partial charge in [-0.2, -0.15) is 0 Å². The monoisotopic (exact) mass is 158 g/mol. The summed E-state index contributed by atoms with van der Waals surface area (Å²) in [7, 11) is 0. The van der Waals surface area contributed by atoms with Crippen LogP contribution >= 0.6 is 0 Å². The van der Waals surface area contributed by atoms with Gasteiger partial charge in [0.05, 0.1) is 0 Å². The summed E-state index contributed by atoms with van der Waals surface area (Å²) < 4.78 is 0. The maximum absolute atomic E-state index is 2.52. The van der Waals surface area contributed by atoms with Crippen molar-refractivity contribution in [2.75, 3.05) is 0 Å². The third kappa shape index (κ3) is 0.522. The van der Waals surface area contributed by atoms with Gasteiger partial charge in [0, 0.05) is 5.92 Å². The SMILES string of the molecule is [CH]1CC2CC1=C1[C]3CCC(C3)C12. The lowest BCUT2D eigenvalue weighted by molar-refractivity contribution is 0.310. The second kappa shape index (κ2) is 1.81. The minimum Gasteiger partial charge on any atom is -0.0661 e. The zero-order valence-electron chi connectivity index (χ0n) is 7.34. The van der Waals surface area contributed by atoms with Gasteiger partial charge in [-0.1, -0.05) is 11.1 Å². The molecule has 12 heavy (non-hydrogen) atoms. The van der Waals surface area contributed by atoms with E-state index in [4.69, 9.17) is 0 Å². The molecule has 4 bridgehead atoms. The summed E-state index contributed by atoms with van der Waals surface area (Å²) in [6.45, 7) is 0. The molecule has 0 amide bonds. The first-order chi connectivity index (χ1) is 5.93. The van der Waals surface area contributed by atoms with Gasteiger partial charge < -0.3 is 0 Å². The normalized spacial score (nSPS) is 49.5. The van der Waals surface area contributed by atoms with Crippen molar-refractivity contribution in [3.05, 3.63) is 23.5 Å². The van der Waals surface area contributed by atoms with Crippen molar-refractivity contribution in [1.29, 1.82) is 0 Å². The fraction of sp³-hybridized carbons (Fsp3) is 0.667. The first-order valence-electron chi connectivity index (χ1n) is 5.35. The van der Waals surface area contributed by atoms with E-state index in [-0.39, 0.29) is 0 Å². The van der Waals surface area contributed by atoms with Gasteiger partial charge >= 0.3 is 0 Å². The zero-order chi connectivity index (χ0) is 7.71. The highest BCUT2D eigenvalue weighted by Gasteiger charge is 2.53. The predicted octanol–water partition coefficient (Wildman–Crippen LogP) is 2.92. The maximum Gasteiger partial charge on any atom is 0.00145 e. The topological polar surface area (TPSA) is 0 Å². The quantitative estimate of drug-likeness (QED) is 0.508. The molecule has 62 valence electrons. The molecule has 3 unspecified atom stereocenters. The molecule has 4 aliphatic rings. The molecule has 0 aromatic rings. The van der Waals surface area contributed by atoms with Crippen LogP contribution in [0.1, 0.15) is 32.1 Å². The Hall–Kier alpha value is -0.260. The first kappa shape index (κ1) is 6.23. The van der Waals surface area contributed by atoms with E-state index in [0.29, 0.717) is 0 Å². The fourth-order valence-corrected chi connectivity index (χ4v) is 4.20. The van der Waals surface area contributed by atoms with Gasteiger partial charge in [0.1, 0.15) is 0 Å². The van der Waals surface area contributed by atoms with Gasteiger partial charge in [-0.3, -0.25) is 0 Å². The molecule has 0 N–H and O–H groups in total. The van der Waals surface area contributed by atoms with Crippen molar-refractivity contribution >= 4 is 0 Å². The Morgan fingerprint density at radius 3 is 3.08 bits per heavy atom. The van der Waals surface area contributed by atoms with E-state index < -0.39 is 0 Å². The summed E-state index contributed by atoms with van der Waals surface area (Å²) in [6.07, 6.45) is 9.82. The molecule has 0 aromatic heterocycles. The van der Waals surface area contributed by atoms with E-state index in [2.05, 4.69) is 6.42 Å². The molecule has 0 heterocycles. The van der Waals surface area contributed by atoms with E-state index in [1.165, 1.54) is 32.1 Å². The molecule has 0 saturated heterocycles.